The Balaban J connectivity index is 1.90. The predicted octanol–water partition coefficient (Wildman–Crippen LogP) is 2.38. The molecule has 0 saturated heterocycles. The zero-order chi connectivity index (χ0) is 15.1. The van der Waals surface area contributed by atoms with Crippen LogP contribution in [0.4, 0.5) is 0 Å². The molecule has 0 aliphatic heterocycles. The monoisotopic (exact) mass is 289 g/mol. The Morgan fingerprint density at radius 2 is 2.33 bits per heavy atom. The molecule has 1 aliphatic rings. The fraction of sp³-hybridized carbons (Fsp3) is 0.438. The van der Waals surface area contributed by atoms with Crippen LogP contribution < -0.4 is 15.8 Å². The quantitative estimate of drug-likeness (QED) is 0.180. The lowest BCUT2D eigenvalue weighted by molar-refractivity contribution is 0.318. The van der Waals surface area contributed by atoms with Gasteiger partial charge < -0.3 is 21.0 Å². The Labute approximate surface area is 125 Å². The lowest BCUT2D eigenvalue weighted by atomic mass is 10.1. The minimum Gasteiger partial charge on any atom is -0.496 e. The number of benzene rings is 1. The molecule has 0 amide bonds. The van der Waals surface area contributed by atoms with Crippen LogP contribution >= 0.6 is 0 Å². The van der Waals surface area contributed by atoms with Gasteiger partial charge in [-0.25, -0.2) is 0 Å². The molecule has 0 spiro atoms. The van der Waals surface area contributed by atoms with Crippen molar-refractivity contribution in [1.29, 1.82) is 0 Å². The minimum atomic E-state index is 0.0600. The van der Waals surface area contributed by atoms with Gasteiger partial charge in [-0.1, -0.05) is 22.9 Å². The van der Waals surface area contributed by atoms with Crippen LogP contribution in [0.2, 0.25) is 0 Å². The van der Waals surface area contributed by atoms with Gasteiger partial charge in [0.2, 0.25) is 0 Å². The van der Waals surface area contributed by atoms with Crippen LogP contribution in [0.25, 0.3) is 0 Å². The summed E-state index contributed by atoms with van der Waals surface area (Å²) in [4.78, 5) is 0. The highest BCUT2D eigenvalue weighted by atomic mass is 16.5. The van der Waals surface area contributed by atoms with E-state index < -0.39 is 0 Å². The molecule has 0 heterocycles. The summed E-state index contributed by atoms with van der Waals surface area (Å²) in [5.41, 5.74) is 8.92. The highest BCUT2D eigenvalue weighted by molar-refractivity contribution is 5.99. The Hall–Kier alpha value is -2.01. The molecule has 21 heavy (non-hydrogen) atoms. The Morgan fingerprint density at radius 3 is 3.00 bits per heavy atom. The summed E-state index contributed by atoms with van der Waals surface area (Å²) in [7, 11) is 1.57. The number of hydrogen-bond donors (Lipinski definition) is 3. The zero-order valence-electron chi connectivity index (χ0n) is 12.4. The van der Waals surface area contributed by atoms with Crippen molar-refractivity contribution < 1.29 is 9.94 Å². The first kappa shape index (κ1) is 15.4. The first-order chi connectivity index (χ1) is 10.2. The smallest absolute Gasteiger partial charge is 0.173 e. The number of nitrogens with one attached hydrogen (secondary N) is 1. The van der Waals surface area contributed by atoms with Crippen molar-refractivity contribution in [2.45, 2.75) is 32.2 Å². The van der Waals surface area contributed by atoms with Crippen molar-refractivity contribution in [2.24, 2.45) is 10.9 Å². The number of amidine groups is 1. The summed E-state index contributed by atoms with van der Waals surface area (Å²) in [5, 5.41) is 15.3. The number of nitrogens with zero attached hydrogens (tertiary/aromatic N) is 1. The van der Waals surface area contributed by atoms with Crippen molar-refractivity contribution in [3.8, 4) is 5.75 Å². The van der Waals surface area contributed by atoms with Gasteiger partial charge in [-0.2, -0.15) is 0 Å². The molecule has 0 bridgehead atoms. The zero-order valence-corrected chi connectivity index (χ0v) is 12.4. The molecule has 0 saturated carbocycles. The molecule has 0 atom stereocenters. The summed E-state index contributed by atoms with van der Waals surface area (Å²) in [5.74, 6) is 0.662. The van der Waals surface area contributed by atoms with Crippen LogP contribution in [0.5, 0.6) is 5.75 Å². The van der Waals surface area contributed by atoms with Crippen LogP contribution in [-0.4, -0.2) is 24.7 Å². The van der Waals surface area contributed by atoms with Crippen molar-refractivity contribution in [1.82, 2.24) is 5.32 Å². The molecule has 1 aliphatic carbocycles. The number of hydrogen-bond acceptors (Lipinski definition) is 4. The average molecular weight is 289 g/mol. The lowest BCUT2D eigenvalue weighted by Crippen LogP contribution is -2.17. The Morgan fingerprint density at radius 1 is 1.48 bits per heavy atom. The number of oxime groups is 1. The van der Waals surface area contributed by atoms with Gasteiger partial charge in [0.1, 0.15) is 5.75 Å². The van der Waals surface area contributed by atoms with E-state index in [2.05, 4.69) is 16.5 Å². The van der Waals surface area contributed by atoms with Gasteiger partial charge in [-0.05, 0) is 49.9 Å². The molecule has 0 fully saturated rings. The average Bonchev–Trinajstić information content (AvgIpc) is 3.04. The van der Waals surface area contributed by atoms with Crippen LogP contribution in [0.15, 0.2) is 35.0 Å². The molecule has 1 aromatic rings. The van der Waals surface area contributed by atoms with Crippen molar-refractivity contribution >= 4 is 5.84 Å². The number of nitrogens with two attached hydrogens (primary N) is 1. The topological polar surface area (TPSA) is 79.9 Å². The minimum absolute atomic E-state index is 0.0600. The van der Waals surface area contributed by atoms with E-state index in [1.54, 1.807) is 12.7 Å². The van der Waals surface area contributed by atoms with E-state index in [9.17, 15) is 0 Å². The highest BCUT2D eigenvalue weighted by Crippen LogP contribution is 2.21. The Bertz CT molecular complexity index is 538. The van der Waals surface area contributed by atoms with Crippen LogP contribution in [0.3, 0.4) is 0 Å². The lowest BCUT2D eigenvalue weighted by Gasteiger charge is -2.10. The second-order valence-corrected chi connectivity index (χ2v) is 5.20. The maximum atomic E-state index is 8.82. The molecule has 114 valence electrons. The van der Waals surface area contributed by atoms with E-state index in [0.29, 0.717) is 11.3 Å². The molecular weight excluding hydrogens is 266 g/mol. The summed E-state index contributed by atoms with van der Waals surface area (Å²) in [6.45, 7) is 1.72. The molecule has 0 aromatic heterocycles. The molecule has 5 nitrogen and oxygen atoms in total. The Kier molecular flexibility index (Phi) is 5.63. The van der Waals surface area contributed by atoms with Gasteiger partial charge in [0, 0.05) is 6.54 Å². The molecular formula is C16H23N3O2. The third-order valence-corrected chi connectivity index (χ3v) is 3.73. The van der Waals surface area contributed by atoms with Gasteiger partial charge >= 0.3 is 0 Å². The third-order valence-electron chi connectivity index (χ3n) is 3.73. The van der Waals surface area contributed by atoms with Gasteiger partial charge in [0.15, 0.2) is 5.84 Å². The molecule has 0 radical (unpaired) electrons. The van der Waals surface area contributed by atoms with E-state index in [4.69, 9.17) is 15.7 Å². The van der Waals surface area contributed by atoms with E-state index in [-0.39, 0.29) is 5.84 Å². The van der Waals surface area contributed by atoms with Crippen molar-refractivity contribution in [2.75, 3.05) is 13.7 Å². The first-order valence-electron chi connectivity index (χ1n) is 7.28. The summed E-state index contributed by atoms with van der Waals surface area (Å²) in [6.07, 6.45) is 7.25. The fourth-order valence-corrected chi connectivity index (χ4v) is 2.57. The van der Waals surface area contributed by atoms with Gasteiger partial charge in [-0.15, -0.1) is 0 Å². The van der Waals surface area contributed by atoms with E-state index in [1.807, 2.05) is 18.2 Å². The fourth-order valence-electron chi connectivity index (χ4n) is 2.57. The second-order valence-electron chi connectivity index (χ2n) is 5.20. The SMILES string of the molecule is COc1ccc(CNCCC2=CCCC2)cc1/C(N)=N/O. The predicted molar refractivity (Wildman–Crippen MR) is 83.8 cm³/mol. The van der Waals surface area contributed by atoms with Crippen molar-refractivity contribution in [3.63, 3.8) is 0 Å². The van der Waals surface area contributed by atoms with E-state index in [1.165, 1.54) is 19.3 Å². The summed E-state index contributed by atoms with van der Waals surface area (Å²) < 4.78 is 5.22. The maximum Gasteiger partial charge on any atom is 0.173 e. The molecule has 4 N–H and O–H groups in total. The standard InChI is InChI=1S/C16H23N3O2/c1-21-15-7-6-13(10-14(15)16(17)19-20)11-18-9-8-12-4-2-3-5-12/h4,6-7,10,18,20H,2-3,5,8-9,11H2,1H3,(H2,17,19). The summed E-state index contributed by atoms with van der Waals surface area (Å²) >= 11 is 0. The normalized spacial score (nSPS) is 15.1. The largest absolute Gasteiger partial charge is 0.496 e. The first-order valence-corrected chi connectivity index (χ1v) is 7.28. The molecule has 2 rings (SSSR count). The van der Waals surface area contributed by atoms with E-state index in [0.717, 1.165) is 25.1 Å². The van der Waals surface area contributed by atoms with Crippen molar-refractivity contribution in [3.05, 3.63) is 41.0 Å². The van der Waals surface area contributed by atoms with E-state index >= 15 is 0 Å². The van der Waals surface area contributed by atoms with Gasteiger partial charge in [0.05, 0.1) is 12.7 Å². The van der Waals surface area contributed by atoms with Crippen LogP contribution in [0.1, 0.15) is 36.8 Å². The highest BCUT2D eigenvalue weighted by Gasteiger charge is 2.09. The number of rotatable bonds is 7. The number of allylic oxidation sites excluding steroid dienone is 1. The second kappa shape index (κ2) is 7.69. The molecule has 5 heteroatoms. The van der Waals surface area contributed by atoms with Crippen LogP contribution in [-0.2, 0) is 6.54 Å². The third kappa shape index (κ3) is 4.23. The van der Waals surface area contributed by atoms with Gasteiger partial charge in [-0.3, -0.25) is 0 Å². The number of methoxy groups -OCH3 is 1. The number of ether oxygens (including phenoxy) is 1. The molecule has 0 unspecified atom stereocenters. The summed E-state index contributed by atoms with van der Waals surface area (Å²) in [6, 6.07) is 5.70. The maximum absolute atomic E-state index is 8.82. The van der Waals surface area contributed by atoms with Crippen LogP contribution in [0, 0.1) is 0 Å². The molecule has 1 aromatic carbocycles. The van der Waals surface area contributed by atoms with Gasteiger partial charge in [0.25, 0.3) is 0 Å².